The molecule has 0 heterocycles. The minimum atomic E-state index is -0.388. The second-order valence-electron chi connectivity index (χ2n) is 4.17. The fourth-order valence-corrected chi connectivity index (χ4v) is 0.598. The van der Waals surface area contributed by atoms with Crippen molar-refractivity contribution >= 4 is 5.97 Å². The third-order valence-corrected chi connectivity index (χ3v) is 1.52. The van der Waals surface area contributed by atoms with Crippen molar-refractivity contribution in [1.82, 2.24) is 4.90 Å². The van der Waals surface area contributed by atoms with E-state index < -0.39 is 0 Å². The average molecular weight is 173 g/mol. The van der Waals surface area contributed by atoms with Gasteiger partial charge in [0, 0.05) is 0 Å². The van der Waals surface area contributed by atoms with Crippen molar-refractivity contribution in [2.75, 3.05) is 14.1 Å². The highest BCUT2D eigenvalue weighted by molar-refractivity contribution is 5.75. The molecule has 0 N–H and O–H groups in total. The quantitative estimate of drug-likeness (QED) is 0.589. The minimum absolute atomic E-state index is 0.174. The molecule has 0 aliphatic rings. The molecule has 72 valence electrons. The molecular formula is C9H19NO2. The first-order chi connectivity index (χ1) is 5.24. The van der Waals surface area contributed by atoms with Gasteiger partial charge < -0.3 is 4.74 Å². The Labute approximate surface area is 74.7 Å². The Balaban J connectivity index is 4.05. The molecule has 0 radical (unpaired) electrons. The molecule has 0 spiro atoms. The van der Waals surface area contributed by atoms with E-state index in [0.29, 0.717) is 0 Å². The molecule has 12 heavy (non-hydrogen) atoms. The normalized spacial score (nSPS) is 14.6. The number of likely N-dealkylation sites (N-methyl/N-ethyl adjacent to an activating group) is 1. The monoisotopic (exact) mass is 173 g/mol. The zero-order valence-corrected chi connectivity index (χ0v) is 8.84. The summed E-state index contributed by atoms with van der Waals surface area (Å²) in [6.45, 7) is 7.43. The van der Waals surface area contributed by atoms with Gasteiger partial charge in [-0.25, -0.2) is 0 Å². The van der Waals surface area contributed by atoms with Crippen molar-refractivity contribution in [1.29, 1.82) is 0 Å². The second kappa shape index (κ2) is 3.90. The van der Waals surface area contributed by atoms with Gasteiger partial charge in [0.2, 0.25) is 0 Å². The van der Waals surface area contributed by atoms with E-state index in [-0.39, 0.29) is 17.6 Å². The molecule has 0 aliphatic heterocycles. The summed E-state index contributed by atoms with van der Waals surface area (Å²) in [5, 5.41) is 0. The summed E-state index contributed by atoms with van der Waals surface area (Å²) in [6.07, 6.45) is 0. The SMILES string of the molecule is C[C@@H](C(=O)OC(C)(C)C)N(C)C. The van der Waals surface area contributed by atoms with E-state index in [4.69, 9.17) is 4.74 Å². The summed E-state index contributed by atoms with van der Waals surface area (Å²) in [5.74, 6) is -0.174. The maximum Gasteiger partial charge on any atom is 0.323 e. The smallest absolute Gasteiger partial charge is 0.323 e. The van der Waals surface area contributed by atoms with Crippen LogP contribution in [-0.4, -0.2) is 36.6 Å². The Morgan fingerprint density at radius 2 is 1.75 bits per heavy atom. The van der Waals surface area contributed by atoms with Crippen LogP contribution in [0.4, 0.5) is 0 Å². The zero-order valence-electron chi connectivity index (χ0n) is 8.84. The molecule has 0 aromatic rings. The molecule has 0 rings (SSSR count). The number of nitrogens with zero attached hydrogens (tertiary/aromatic N) is 1. The predicted molar refractivity (Wildman–Crippen MR) is 49.0 cm³/mol. The third kappa shape index (κ3) is 4.34. The van der Waals surface area contributed by atoms with Gasteiger partial charge in [-0.3, -0.25) is 9.69 Å². The lowest BCUT2D eigenvalue weighted by Gasteiger charge is -2.25. The van der Waals surface area contributed by atoms with Crippen molar-refractivity contribution in [3.8, 4) is 0 Å². The Morgan fingerprint density at radius 1 is 1.33 bits per heavy atom. The van der Waals surface area contributed by atoms with Gasteiger partial charge >= 0.3 is 5.97 Å². The number of esters is 1. The van der Waals surface area contributed by atoms with Gasteiger partial charge in [-0.2, -0.15) is 0 Å². The van der Waals surface area contributed by atoms with Gasteiger partial charge in [0.1, 0.15) is 11.6 Å². The fourth-order valence-electron chi connectivity index (χ4n) is 0.598. The molecule has 3 heteroatoms. The molecular weight excluding hydrogens is 154 g/mol. The van der Waals surface area contributed by atoms with Crippen molar-refractivity contribution in [3.63, 3.8) is 0 Å². The van der Waals surface area contributed by atoms with Crippen LogP contribution in [0.2, 0.25) is 0 Å². The third-order valence-electron chi connectivity index (χ3n) is 1.52. The summed E-state index contributed by atoms with van der Waals surface area (Å²) >= 11 is 0. The van der Waals surface area contributed by atoms with Crippen LogP contribution in [0.25, 0.3) is 0 Å². The minimum Gasteiger partial charge on any atom is -0.459 e. The summed E-state index contributed by atoms with van der Waals surface area (Å²) < 4.78 is 5.18. The van der Waals surface area contributed by atoms with Crippen LogP contribution in [0, 0.1) is 0 Å². The summed E-state index contributed by atoms with van der Waals surface area (Å²) in [7, 11) is 3.71. The van der Waals surface area contributed by atoms with Crippen LogP contribution < -0.4 is 0 Å². The van der Waals surface area contributed by atoms with E-state index >= 15 is 0 Å². The lowest BCUT2D eigenvalue weighted by atomic mass is 10.2. The summed E-state index contributed by atoms with van der Waals surface area (Å²) in [4.78, 5) is 13.2. The van der Waals surface area contributed by atoms with Gasteiger partial charge in [-0.05, 0) is 41.8 Å². The molecule has 0 amide bonds. The number of hydrogen-bond donors (Lipinski definition) is 0. The largest absolute Gasteiger partial charge is 0.459 e. The summed E-state index contributed by atoms with van der Waals surface area (Å²) in [5.41, 5.74) is -0.388. The average Bonchev–Trinajstić information content (AvgIpc) is 1.82. The fraction of sp³-hybridized carbons (Fsp3) is 0.889. The van der Waals surface area contributed by atoms with Crippen LogP contribution in [-0.2, 0) is 9.53 Å². The molecule has 0 unspecified atom stereocenters. The molecule has 0 saturated carbocycles. The number of carbonyl (C=O) groups excluding carboxylic acids is 1. The highest BCUT2D eigenvalue weighted by atomic mass is 16.6. The van der Waals surface area contributed by atoms with Gasteiger partial charge in [0.05, 0.1) is 0 Å². The predicted octanol–water partition coefficient (Wildman–Crippen LogP) is 1.28. The lowest BCUT2D eigenvalue weighted by Crippen LogP contribution is -2.38. The molecule has 3 nitrogen and oxygen atoms in total. The van der Waals surface area contributed by atoms with E-state index in [2.05, 4.69) is 0 Å². The lowest BCUT2D eigenvalue weighted by molar-refractivity contribution is -0.159. The molecule has 0 aliphatic carbocycles. The Hall–Kier alpha value is -0.570. The van der Waals surface area contributed by atoms with Gasteiger partial charge in [0.25, 0.3) is 0 Å². The van der Waals surface area contributed by atoms with Gasteiger partial charge in [0.15, 0.2) is 0 Å². The Kier molecular flexibility index (Phi) is 3.71. The Bertz CT molecular complexity index is 158. The summed E-state index contributed by atoms with van der Waals surface area (Å²) in [6, 6.07) is -0.177. The van der Waals surface area contributed by atoms with E-state index in [9.17, 15) is 4.79 Å². The first-order valence-electron chi connectivity index (χ1n) is 4.13. The van der Waals surface area contributed by atoms with E-state index in [1.54, 1.807) is 0 Å². The van der Waals surface area contributed by atoms with Crippen LogP contribution >= 0.6 is 0 Å². The van der Waals surface area contributed by atoms with Crippen molar-refractivity contribution < 1.29 is 9.53 Å². The highest BCUT2D eigenvalue weighted by Crippen LogP contribution is 2.09. The molecule has 0 bridgehead atoms. The maximum absolute atomic E-state index is 11.3. The first-order valence-corrected chi connectivity index (χ1v) is 4.13. The standard InChI is InChI=1S/C9H19NO2/c1-7(10(5)6)8(11)12-9(2,3)4/h7H,1-6H3/t7-/m0/s1. The van der Waals surface area contributed by atoms with Crippen LogP contribution in [0.5, 0.6) is 0 Å². The second-order valence-corrected chi connectivity index (χ2v) is 4.17. The topological polar surface area (TPSA) is 29.5 Å². The number of hydrogen-bond acceptors (Lipinski definition) is 3. The molecule has 0 fully saturated rings. The van der Waals surface area contributed by atoms with Crippen LogP contribution in [0.3, 0.4) is 0 Å². The zero-order chi connectivity index (χ0) is 9.94. The van der Waals surface area contributed by atoms with E-state index in [1.165, 1.54) is 0 Å². The van der Waals surface area contributed by atoms with E-state index in [1.807, 2.05) is 46.7 Å². The number of rotatable bonds is 2. The maximum atomic E-state index is 11.3. The number of ether oxygens (including phenoxy) is 1. The highest BCUT2D eigenvalue weighted by Gasteiger charge is 2.22. The van der Waals surface area contributed by atoms with Crippen molar-refractivity contribution in [3.05, 3.63) is 0 Å². The molecule has 0 aromatic carbocycles. The van der Waals surface area contributed by atoms with Gasteiger partial charge in [-0.15, -0.1) is 0 Å². The molecule has 0 saturated heterocycles. The Morgan fingerprint density at radius 3 is 2.00 bits per heavy atom. The van der Waals surface area contributed by atoms with E-state index in [0.717, 1.165) is 0 Å². The van der Waals surface area contributed by atoms with Crippen molar-refractivity contribution in [2.45, 2.75) is 39.3 Å². The van der Waals surface area contributed by atoms with Crippen LogP contribution in [0.15, 0.2) is 0 Å². The number of carbonyl (C=O) groups is 1. The van der Waals surface area contributed by atoms with Crippen molar-refractivity contribution in [2.24, 2.45) is 0 Å². The first kappa shape index (κ1) is 11.4. The molecule has 1 atom stereocenters. The molecule has 0 aromatic heterocycles. The van der Waals surface area contributed by atoms with Crippen LogP contribution in [0.1, 0.15) is 27.7 Å². The van der Waals surface area contributed by atoms with Gasteiger partial charge in [-0.1, -0.05) is 0 Å².